The molecule has 5 heteroatoms. The number of carbonyl (C=O) groups is 1. The van der Waals surface area contributed by atoms with E-state index in [1.54, 1.807) is 24.3 Å². The number of Topliss-reactive ketones (excluding diaryl/α,β-unsaturated/α-hetero) is 1. The SMILES string of the molecule is CC(C)CCC(=O)c1ccc(NS(C)(=O)=O)cc1. The molecule has 0 atom stereocenters. The minimum atomic E-state index is -3.27. The number of hydrogen-bond donors (Lipinski definition) is 1. The largest absolute Gasteiger partial charge is 0.294 e. The summed E-state index contributed by atoms with van der Waals surface area (Å²) in [6.07, 6.45) is 2.48. The molecule has 0 aromatic heterocycles. The van der Waals surface area contributed by atoms with Gasteiger partial charge in [0.15, 0.2) is 5.78 Å². The first-order valence-electron chi connectivity index (χ1n) is 5.89. The Morgan fingerprint density at radius 1 is 1.22 bits per heavy atom. The zero-order chi connectivity index (χ0) is 13.8. The molecule has 1 aromatic carbocycles. The van der Waals surface area contributed by atoms with Crippen LogP contribution >= 0.6 is 0 Å². The molecule has 4 nitrogen and oxygen atoms in total. The molecule has 0 aliphatic rings. The molecular weight excluding hydrogens is 250 g/mol. The van der Waals surface area contributed by atoms with Gasteiger partial charge in [0.05, 0.1) is 6.26 Å². The quantitative estimate of drug-likeness (QED) is 0.808. The van der Waals surface area contributed by atoms with Crippen LogP contribution in [0.1, 0.15) is 37.0 Å². The van der Waals surface area contributed by atoms with Gasteiger partial charge in [-0.25, -0.2) is 8.42 Å². The van der Waals surface area contributed by atoms with E-state index in [1.807, 2.05) is 0 Å². The number of benzene rings is 1. The lowest BCUT2D eigenvalue weighted by Crippen LogP contribution is -2.09. The second-order valence-electron chi connectivity index (χ2n) is 4.81. The normalized spacial score (nSPS) is 11.6. The highest BCUT2D eigenvalue weighted by molar-refractivity contribution is 7.92. The van der Waals surface area contributed by atoms with Crippen molar-refractivity contribution in [2.45, 2.75) is 26.7 Å². The molecule has 1 N–H and O–H groups in total. The molecule has 0 saturated carbocycles. The summed E-state index contributed by atoms with van der Waals surface area (Å²) in [7, 11) is -3.27. The Morgan fingerprint density at radius 3 is 2.22 bits per heavy atom. The van der Waals surface area contributed by atoms with Crippen LogP contribution in [-0.2, 0) is 10.0 Å². The van der Waals surface area contributed by atoms with Gasteiger partial charge in [-0.05, 0) is 36.6 Å². The van der Waals surface area contributed by atoms with E-state index >= 15 is 0 Å². The topological polar surface area (TPSA) is 63.2 Å². The number of nitrogens with one attached hydrogen (secondary N) is 1. The summed E-state index contributed by atoms with van der Waals surface area (Å²) in [5.41, 5.74) is 1.09. The van der Waals surface area contributed by atoms with Crippen LogP contribution in [0.25, 0.3) is 0 Å². The van der Waals surface area contributed by atoms with Gasteiger partial charge in [-0.15, -0.1) is 0 Å². The first-order chi connectivity index (χ1) is 8.28. The summed E-state index contributed by atoms with van der Waals surface area (Å²) in [5.74, 6) is 0.592. The van der Waals surface area contributed by atoms with Crippen LogP contribution in [0.2, 0.25) is 0 Å². The van der Waals surface area contributed by atoms with Crippen molar-refractivity contribution in [3.8, 4) is 0 Å². The fraction of sp³-hybridized carbons (Fsp3) is 0.462. The first kappa shape index (κ1) is 14.7. The molecule has 0 spiro atoms. The van der Waals surface area contributed by atoms with E-state index in [0.717, 1.165) is 12.7 Å². The summed E-state index contributed by atoms with van der Waals surface area (Å²) in [5, 5.41) is 0. The zero-order valence-electron chi connectivity index (χ0n) is 10.9. The van der Waals surface area contributed by atoms with Crippen LogP contribution in [-0.4, -0.2) is 20.5 Å². The Kier molecular flexibility index (Phi) is 4.90. The smallest absolute Gasteiger partial charge is 0.229 e. The third kappa shape index (κ3) is 5.31. The highest BCUT2D eigenvalue weighted by Gasteiger charge is 2.08. The lowest BCUT2D eigenvalue weighted by Gasteiger charge is -2.06. The van der Waals surface area contributed by atoms with Gasteiger partial charge in [-0.1, -0.05) is 13.8 Å². The second kappa shape index (κ2) is 6.00. The van der Waals surface area contributed by atoms with E-state index < -0.39 is 10.0 Å². The van der Waals surface area contributed by atoms with Crippen molar-refractivity contribution >= 4 is 21.5 Å². The van der Waals surface area contributed by atoms with Crippen LogP contribution in [0.15, 0.2) is 24.3 Å². The molecule has 0 heterocycles. The van der Waals surface area contributed by atoms with Gasteiger partial charge >= 0.3 is 0 Å². The van der Waals surface area contributed by atoms with Crippen molar-refractivity contribution < 1.29 is 13.2 Å². The van der Waals surface area contributed by atoms with E-state index in [0.29, 0.717) is 23.6 Å². The van der Waals surface area contributed by atoms with Gasteiger partial charge in [0.2, 0.25) is 10.0 Å². The number of hydrogen-bond acceptors (Lipinski definition) is 3. The maximum atomic E-state index is 11.8. The van der Waals surface area contributed by atoms with Gasteiger partial charge in [0, 0.05) is 17.7 Å². The van der Waals surface area contributed by atoms with E-state index in [-0.39, 0.29) is 5.78 Å². The second-order valence-corrected chi connectivity index (χ2v) is 6.56. The fourth-order valence-corrected chi connectivity index (χ4v) is 2.07. The van der Waals surface area contributed by atoms with E-state index in [1.165, 1.54) is 0 Å². The van der Waals surface area contributed by atoms with E-state index in [4.69, 9.17) is 0 Å². The Labute approximate surface area is 108 Å². The predicted molar refractivity (Wildman–Crippen MR) is 73.3 cm³/mol. The third-order valence-electron chi connectivity index (χ3n) is 2.46. The minimum Gasteiger partial charge on any atom is -0.294 e. The molecule has 0 aliphatic heterocycles. The molecule has 0 radical (unpaired) electrons. The molecule has 1 aromatic rings. The van der Waals surface area contributed by atoms with E-state index in [9.17, 15) is 13.2 Å². The Bertz CT molecular complexity index is 504. The molecule has 0 aliphatic carbocycles. The maximum absolute atomic E-state index is 11.8. The third-order valence-corrected chi connectivity index (χ3v) is 3.07. The van der Waals surface area contributed by atoms with Crippen molar-refractivity contribution in [3.05, 3.63) is 29.8 Å². The average Bonchev–Trinajstić information content (AvgIpc) is 2.24. The summed E-state index contributed by atoms with van der Waals surface area (Å²) < 4.78 is 24.4. The predicted octanol–water partition coefficient (Wildman–Crippen LogP) is 2.68. The first-order valence-corrected chi connectivity index (χ1v) is 7.78. The van der Waals surface area contributed by atoms with Crippen LogP contribution in [0, 0.1) is 5.92 Å². The van der Waals surface area contributed by atoms with Crippen molar-refractivity contribution in [3.63, 3.8) is 0 Å². The van der Waals surface area contributed by atoms with Crippen molar-refractivity contribution in [2.75, 3.05) is 11.0 Å². The molecule has 0 fully saturated rings. The molecule has 0 unspecified atom stereocenters. The van der Waals surface area contributed by atoms with Crippen LogP contribution < -0.4 is 4.72 Å². The van der Waals surface area contributed by atoms with E-state index in [2.05, 4.69) is 18.6 Å². The zero-order valence-corrected chi connectivity index (χ0v) is 11.8. The number of carbonyl (C=O) groups excluding carboxylic acids is 1. The van der Waals surface area contributed by atoms with Crippen molar-refractivity contribution in [1.29, 1.82) is 0 Å². The Morgan fingerprint density at radius 2 is 1.78 bits per heavy atom. The maximum Gasteiger partial charge on any atom is 0.229 e. The molecule has 0 bridgehead atoms. The van der Waals surface area contributed by atoms with Crippen molar-refractivity contribution in [1.82, 2.24) is 0 Å². The Balaban J connectivity index is 2.68. The lowest BCUT2D eigenvalue weighted by atomic mass is 10.0. The molecule has 100 valence electrons. The number of sulfonamides is 1. The number of rotatable bonds is 6. The minimum absolute atomic E-state index is 0.0922. The van der Waals surface area contributed by atoms with Crippen LogP contribution in [0.5, 0.6) is 0 Å². The fourth-order valence-electron chi connectivity index (χ4n) is 1.50. The standard InChI is InChI=1S/C13H19NO3S/c1-10(2)4-9-13(15)11-5-7-12(8-6-11)14-18(3,16)17/h5-8,10,14H,4,9H2,1-3H3. The van der Waals surface area contributed by atoms with Gasteiger partial charge in [0.1, 0.15) is 0 Å². The highest BCUT2D eigenvalue weighted by atomic mass is 32.2. The van der Waals surface area contributed by atoms with Gasteiger partial charge in [-0.3, -0.25) is 9.52 Å². The van der Waals surface area contributed by atoms with Crippen molar-refractivity contribution in [2.24, 2.45) is 5.92 Å². The highest BCUT2D eigenvalue weighted by Crippen LogP contribution is 2.14. The summed E-state index contributed by atoms with van der Waals surface area (Å²) in [6.45, 7) is 4.15. The van der Waals surface area contributed by atoms with Gasteiger partial charge < -0.3 is 0 Å². The molecule has 0 amide bonds. The molecule has 0 saturated heterocycles. The lowest BCUT2D eigenvalue weighted by molar-refractivity contribution is 0.0975. The Hall–Kier alpha value is -1.36. The summed E-state index contributed by atoms with van der Waals surface area (Å²) >= 11 is 0. The van der Waals surface area contributed by atoms with Crippen LogP contribution in [0.3, 0.4) is 0 Å². The monoisotopic (exact) mass is 269 g/mol. The van der Waals surface area contributed by atoms with Gasteiger partial charge in [0.25, 0.3) is 0 Å². The van der Waals surface area contributed by atoms with Crippen LogP contribution in [0.4, 0.5) is 5.69 Å². The molecule has 1 rings (SSSR count). The summed E-state index contributed by atoms with van der Waals surface area (Å²) in [6, 6.07) is 6.50. The molecular formula is C13H19NO3S. The number of anilines is 1. The molecule has 18 heavy (non-hydrogen) atoms. The average molecular weight is 269 g/mol. The number of ketones is 1. The summed E-state index contributed by atoms with van der Waals surface area (Å²) in [4.78, 5) is 11.8. The van der Waals surface area contributed by atoms with Gasteiger partial charge in [-0.2, -0.15) is 0 Å².